The van der Waals surface area contributed by atoms with Crippen molar-refractivity contribution in [2.24, 2.45) is 7.05 Å². The number of hydrogen-bond acceptors (Lipinski definition) is 7. The van der Waals surface area contributed by atoms with E-state index >= 15 is 0 Å². The molecule has 0 spiro atoms. The fraction of sp³-hybridized carbons (Fsp3) is 0.407. The van der Waals surface area contributed by atoms with Crippen molar-refractivity contribution in [3.63, 3.8) is 0 Å². The van der Waals surface area contributed by atoms with Crippen molar-refractivity contribution in [3.05, 3.63) is 41.3 Å². The maximum absolute atomic E-state index is 10.2. The van der Waals surface area contributed by atoms with Crippen LogP contribution < -0.4 is 4.74 Å². The molecule has 5 heterocycles. The molecule has 2 atom stereocenters. The number of hydrogen-bond donors (Lipinski definition) is 2. The lowest BCUT2D eigenvalue weighted by molar-refractivity contribution is 0.143. The van der Waals surface area contributed by atoms with Crippen LogP contribution >= 0.6 is 0 Å². The van der Waals surface area contributed by atoms with E-state index in [2.05, 4.69) is 47.3 Å². The third kappa shape index (κ3) is 3.96. The Morgan fingerprint density at radius 2 is 1.95 bits per heavy atom. The highest BCUT2D eigenvalue weighted by atomic mass is 16.5. The Hall–Kier alpha value is -3.76. The van der Waals surface area contributed by atoms with Gasteiger partial charge in [0.2, 0.25) is 5.88 Å². The molecule has 0 saturated carbocycles. The van der Waals surface area contributed by atoms with E-state index in [0.717, 1.165) is 61.4 Å². The Bertz CT molecular complexity index is 1640. The highest BCUT2D eigenvalue weighted by Crippen LogP contribution is 2.37. The van der Waals surface area contributed by atoms with Crippen LogP contribution in [0, 0.1) is 13.8 Å². The van der Waals surface area contributed by atoms with Crippen LogP contribution in [0.4, 0.5) is 0 Å². The lowest BCUT2D eigenvalue weighted by atomic mass is 10.0. The molecule has 1 aromatic carbocycles. The van der Waals surface area contributed by atoms with E-state index in [0.29, 0.717) is 25.5 Å². The monoisotopic (exact) mass is 500 g/mol. The molecule has 0 aliphatic carbocycles. The summed E-state index contributed by atoms with van der Waals surface area (Å²) in [6, 6.07) is 8.34. The normalized spacial score (nSPS) is 17.2. The van der Waals surface area contributed by atoms with Gasteiger partial charge in [0.1, 0.15) is 11.8 Å². The molecule has 37 heavy (non-hydrogen) atoms. The summed E-state index contributed by atoms with van der Waals surface area (Å²) >= 11 is 0. The number of likely N-dealkylation sites (N-methyl/N-ethyl adjacent to an activating group) is 1. The van der Waals surface area contributed by atoms with Gasteiger partial charge in [0, 0.05) is 36.5 Å². The van der Waals surface area contributed by atoms with Gasteiger partial charge in [0.15, 0.2) is 0 Å². The summed E-state index contributed by atoms with van der Waals surface area (Å²) in [6.45, 7) is 9.61. The van der Waals surface area contributed by atoms with Gasteiger partial charge in [0.05, 0.1) is 52.0 Å². The summed E-state index contributed by atoms with van der Waals surface area (Å²) in [7, 11) is 3.98. The summed E-state index contributed by atoms with van der Waals surface area (Å²) in [6.07, 6.45) is -0.613. The summed E-state index contributed by atoms with van der Waals surface area (Å²) in [4.78, 5) is 7.15. The average molecular weight is 501 g/mol. The molecule has 2 N–H and O–H groups in total. The number of pyridine rings is 1. The van der Waals surface area contributed by atoms with Gasteiger partial charge < -0.3 is 9.84 Å². The first-order chi connectivity index (χ1) is 17.7. The molecule has 0 radical (unpaired) electrons. The molecule has 10 heteroatoms. The van der Waals surface area contributed by atoms with Crippen LogP contribution in [0.15, 0.2) is 24.3 Å². The Balaban J connectivity index is 1.63. The van der Waals surface area contributed by atoms with Gasteiger partial charge in [-0.1, -0.05) is 6.07 Å². The Labute approximate surface area is 214 Å². The minimum absolute atomic E-state index is 0.104. The minimum Gasteiger partial charge on any atom is -0.473 e. The molecular weight excluding hydrogens is 468 g/mol. The number of nitrogens with zero attached hydrogens (tertiary/aromatic N) is 7. The SMILES string of the molecule is Cc1nn(C)c2c1-c1cc3c(n[nH]c3c(C)n1)-c1ccc3nn(C[C@H](C)O)c(c3c1)CN(C)C[C@H](C)O2. The number of aryl methyl sites for hydroxylation is 3. The predicted octanol–water partition coefficient (Wildman–Crippen LogP) is 3.59. The minimum atomic E-state index is -0.509. The Morgan fingerprint density at radius 1 is 1.14 bits per heavy atom. The van der Waals surface area contributed by atoms with Crippen LogP contribution in [0.3, 0.4) is 0 Å². The van der Waals surface area contributed by atoms with E-state index in [4.69, 9.17) is 19.9 Å². The van der Waals surface area contributed by atoms with E-state index < -0.39 is 6.10 Å². The first-order valence-electron chi connectivity index (χ1n) is 12.6. The fourth-order valence-corrected chi connectivity index (χ4v) is 5.47. The first-order valence-corrected chi connectivity index (χ1v) is 12.6. The predicted molar refractivity (Wildman–Crippen MR) is 142 cm³/mol. The Kier molecular flexibility index (Phi) is 5.54. The molecule has 0 saturated heterocycles. The van der Waals surface area contributed by atoms with Crippen molar-refractivity contribution in [2.75, 3.05) is 13.6 Å². The van der Waals surface area contributed by atoms with Gasteiger partial charge in [-0.15, -0.1) is 0 Å². The molecule has 4 bridgehead atoms. The third-order valence-corrected chi connectivity index (χ3v) is 7.02. The quantitative estimate of drug-likeness (QED) is 0.381. The zero-order valence-electron chi connectivity index (χ0n) is 22.1. The second kappa shape index (κ2) is 8.67. The zero-order valence-corrected chi connectivity index (χ0v) is 22.1. The summed E-state index contributed by atoms with van der Waals surface area (Å²) in [5.74, 6) is 0.701. The van der Waals surface area contributed by atoms with Gasteiger partial charge in [-0.05, 0) is 52.9 Å². The number of rotatable bonds is 2. The maximum atomic E-state index is 10.2. The van der Waals surface area contributed by atoms with Crippen LogP contribution in [0.25, 0.3) is 44.3 Å². The molecule has 1 aliphatic rings. The first kappa shape index (κ1) is 23.6. The van der Waals surface area contributed by atoms with Crippen molar-refractivity contribution >= 4 is 21.8 Å². The molecule has 4 aromatic heterocycles. The number of aromatic nitrogens is 7. The van der Waals surface area contributed by atoms with Crippen LogP contribution in [-0.4, -0.2) is 70.5 Å². The van der Waals surface area contributed by atoms with Gasteiger partial charge in [-0.25, -0.2) is 4.68 Å². The molecule has 6 rings (SSSR count). The van der Waals surface area contributed by atoms with Gasteiger partial charge in [-0.2, -0.15) is 15.3 Å². The average Bonchev–Trinajstić information content (AvgIpc) is 3.47. The van der Waals surface area contributed by atoms with E-state index in [1.54, 1.807) is 11.6 Å². The van der Waals surface area contributed by atoms with Crippen molar-refractivity contribution in [1.29, 1.82) is 0 Å². The number of fused-ring (bicyclic) bond motifs is 5. The zero-order chi connectivity index (χ0) is 26.0. The van der Waals surface area contributed by atoms with Gasteiger partial charge in [-0.3, -0.25) is 19.7 Å². The largest absolute Gasteiger partial charge is 0.473 e. The molecule has 0 amide bonds. The third-order valence-electron chi connectivity index (χ3n) is 7.02. The number of nitrogens with one attached hydrogen (secondary N) is 1. The highest BCUT2D eigenvalue weighted by molar-refractivity contribution is 5.98. The number of benzene rings is 1. The number of aliphatic hydroxyl groups is 1. The van der Waals surface area contributed by atoms with Crippen LogP contribution in [0.5, 0.6) is 5.88 Å². The van der Waals surface area contributed by atoms with Crippen LogP contribution in [0.1, 0.15) is 30.9 Å². The lowest BCUT2D eigenvalue weighted by Crippen LogP contribution is -2.32. The standard InChI is InChI=1S/C27H32N8O2/c1-14(36)11-35-23-13-33(5)12-15(2)37-27-24(16(3)31-34(27)6)22-10-20-25(17(4)28-22)29-30-26(20)18-7-8-21(32-35)19(23)9-18/h7-10,14-15,36H,11-13H2,1-6H3,(H,29,30)/t14-,15-/m0/s1. The van der Waals surface area contributed by atoms with Crippen molar-refractivity contribution in [1.82, 2.24) is 39.6 Å². The van der Waals surface area contributed by atoms with Crippen molar-refractivity contribution < 1.29 is 9.84 Å². The summed E-state index contributed by atoms with van der Waals surface area (Å²) in [5.41, 5.74) is 8.16. The highest BCUT2D eigenvalue weighted by Gasteiger charge is 2.24. The van der Waals surface area contributed by atoms with Crippen molar-refractivity contribution in [2.45, 2.75) is 53.0 Å². The van der Waals surface area contributed by atoms with Crippen LogP contribution in [0.2, 0.25) is 0 Å². The molecule has 192 valence electrons. The van der Waals surface area contributed by atoms with E-state index in [1.807, 2.05) is 31.6 Å². The maximum Gasteiger partial charge on any atom is 0.221 e. The van der Waals surface area contributed by atoms with E-state index in [-0.39, 0.29) is 6.10 Å². The number of aliphatic hydroxyl groups excluding tert-OH is 1. The summed E-state index contributed by atoms with van der Waals surface area (Å²) in [5, 5.41) is 29.6. The summed E-state index contributed by atoms with van der Waals surface area (Å²) < 4.78 is 10.2. The molecular formula is C27H32N8O2. The second-order valence-corrected chi connectivity index (χ2v) is 10.3. The lowest BCUT2D eigenvalue weighted by Gasteiger charge is -2.23. The smallest absolute Gasteiger partial charge is 0.221 e. The topological polar surface area (TPSA) is 110 Å². The van der Waals surface area contributed by atoms with Crippen LogP contribution in [-0.2, 0) is 20.1 Å². The van der Waals surface area contributed by atoms with E-state index in [1.165, 1.54) is 0 Å². The number of aromatic amines is 1. The molecule has 10 nitrogen and oxygen atoms in total. The fourth-order valence-electron chi connectivity index (χ4n) is 5.47. The van der Waals surface area contributed by atoms with Gasteiger partial charge in [0.25, 0.3) is 0 Å². The Morgan fingerprint density at radius 3 is 2.73 bits per heavy atom. The number of ether oxygens (including phenoxy) is 1. The molecule has 1 aliphatic heterocycles. The van der Waals surface area contributed by atoms with Gasteiger partial charge >= 0.3 is 0 Å². The second-order valence-electron chi connectivity index (χ2n) is 10.3. The number of H-pyrrole nitrogens is 1. The molecule has 0 unspecified atom stereocenters. The molecule has 0 fully saturated rings. The molecule has 5 aromatic rings. The van der Waals surface area contributed by atoms with Crippen molar-refractivity contribution in [3.8, 4) is 28.4 Å². The van der Waals surface area contributed by atoms with E-state index in [9.17, 15) is 5.11 Å².